The lowest BCUT2D eigenvalue weighted by atomic mass is 10.0. The lowest BCUT2D eigenvalue weighted by Gasteiger charge is -2.06. The SMILES string of the molecule is O=C1[C]=CC=C(CCCS(=O)(=O)O)C1. The molecule has 0 aliphatic heterocycles. The van der Waals surface area contributed by atoms with Gasteiger partial charge in [-0.2, -0.15) is 8.42 Å². The molecule has 0 aromatic rings. The lowest BCUT2D eigenvalue weighted by Crippen LogP contribution is -2.06. The molecular weight excluding hydrogens is 204 g/mol. The van der Waals surface area contributed by atoms with Crippen molar-refractivity contribution < 1.29 is 17.8 Å². The molecule has 77 valence electrons. The van der Waals surface area contributed by atoms with E-state index in [0.29, 0.717) is 19.3 Å². The summed E-state index contributed by atoms with van der Waals surface area (Å²) in [5, 5.41) is 0. The zero-order valence-electron chi connectivity index (χ0n) is 7.56. The van der Waals surface area contributed by atoms with Crippen molar-refractivity contribution in [3.8, 4) is 0 Å². The number of hydrogen-bond acceptors (Lipinski definition) is 3. The number of Topliss-reactive ketones (excluding diaryl/α,β-unsaturated/α-hetero) is 1. The summed E-state index contributed by atoms with van der Waals surface area (Å²) in [5.74, 6) is -0.347. The molecule has 0 heterocycles. The number of allylic oxidation sites excluding steroid dienone is 4. The highest BCUT2D eigenvalue weighted by atomic mass is 32.2. The quantitative estimate of drug-likeness (QED) is 0.707. The molecule has 5 heteroatoms. The topological polar surface area (TPSA) is 71.4 Å². The van der Waals surface area contributed by atoms with E-state index < -0.39 is 10.1 Å². The summed E-state index contributed by atoms with van der Waals surface area (Å²) in [6, 6.07) is 0. The van der Waals surface area contributed by atoms with Crippen molar-refractivity contribution in [1.82, 2.24) is 0 Å². The summed E-state index contributed by atoms with van der Waals surface area (Å²) in [6.07, 6.45) is 6.97. The Bertz CT molecular complexity index is 376. The molecule has 1 rings (SSSR count). The van der Waals surface area contributed by atoms with E-state index in [9.17, 15) is 13.2 Å². The van der Waals surface area contributed by atoms with Gasteiger partial charge in [-0.05, 0) is 12.8 Å². The monoisotopic (exact) mass is 215 g/mol. The maximum atomic E-state index is 10.9. The number of carbonyl (C=O) groups excluding carboxylic acids is 1. The number of ketones is 1. The molecule has 0 aromatic heterocycles. The van der Waals surface area contributed by atoms with Gasteiger partial charge in [-0.3, -0.25) is 9.35 Å². The summed E-state index contributed by atoms with van der Waals surface area (Å²) >= 11 is 0. The Balaban J connectivity index is 2.36. The molecule has 1 aliphatic carbocycles. The maximum absolute atomic E-state index is 10.9. The third-order valence-corrected chi connectivity index (χ3v) is 2.66. The molecule has 0 spiro atoms. The molecule has 0 bridgehead atoms. The summed E-state index contributed by atoms with van der Waals surface area (Å²) < 4.78 is 29.2. The number of carbonyl (C=O) groups is 1. The van der Waals surface area contributed by atoms with Crippen LogP contribution in [0.3, 0.4) is 0 Å². The van der Waals surface area contributed by atoms with Crippen LogP contribution in [0.2, 0.25) is 0 Å². The van der Waals surface area contributed by atoms with E-state index in [4.69, 9.17) is 4.55 Å². The lowest BCUT2D eigenvalue weighted by molar-refractivity contribution is -0.114. The van der Waals surface area contributed by atoms with E-state index in [0.717, 1.165) is 5.57 Å². The molecule has 0 fully saturated rings. The normalized spacial score (nSPS) is 16.9. The van der Waals surface area contributed by atoms with Gasteiger partial charge in [0, 0.05) is 12.5 Å². The minimum atomic E-state index is -3.88. The van der Waals surface area contributed by atoms with Gasteiger partial charge in [0.15, 0.2) is 5.78 Å². The van der Waals surface area contributed by atoms with E-state index in [-0.39, 0.29) is 11.5 Å². The van der Waals surface area contributed by atoms with Crippen molar-refractivity contribution >= 4 is 15.9 Å². The zero-order valence-corrected chi connectivity index (χ0v) is 8.38. The van der Waals surface area contributed by atoms with E-state index in [1.165, 1.54) is 6.08 Å². The molecule has 1 radical (unpaired) electrons. The highest BCUT2D eigenvalue weighted by molar-refractivity contribution is 7.85. The second-order valence-electron chi connectivity index (χ2n) is 3.13. The van der Waals surface area contributed by atoms with Crippen LogP contribution in [-0.2, 0) is 14.9 Å². The highest BCUT2D eigenvalue weighted by Gasteiger charge is 2.09. The van der Waals surface area contributed by atoms with Gasteiger partial charge in [0.25, 0.3) is 10.1 Å². The average Bonchev–Trinajstić information content (AvgIpc) is 2.01. The van der Waals surface area contributed by atoms with E-state index in [1.807, 2.05) is 0 Å². The molecule has 1 aliphatic rings. The second-order valence-corrected chi connectivity index (χ2v) is 4.70. The first kappa shape index (κ1) is 11.1. The minimum Gasteiger partial charge on any atom is -0.294 e. The molecule has 0 unspecified atom stereocenters. The standard InChI is InChI=1S/C9H11O4S/c10-9-5-1-3-8(7-9)4-2-6-14(11,12)13/h1,3H,2,4,6-7H2,(H,11,12,13). The minimum absolute atomic E-state index is 0.0886. The van der Waals surface area contributed by atoms with E-state index in [2.05, 4.69) is 6.08 Å². The van der Waals surface area contributed by atoms with Crippen LogP contribution in [-0.4, -0.2) is 24.5 Å². The van der Waals surface area contributed by atoms with Gasteiger partial charge in [0.1, 0.15) is 0 Å². The van der Waals surface area contributed by atoms with Crippen molar-refractivity contribution in [1.29, 1.82) is 0 Å². The van der Waals surface area contributed by atoms with Crippen LogP contribution in [0.4, 0.5) is 0 Å². The van der Waals surface area contributed by atoms with Crippen LogP contribution in [0.5, 0.6) is 0 Å². The Morgan fingerprint density at radius 3 is 2.79 bits per heavy atom. The van der Waals surface area contributed by atoms with Crippen LogP contribution in [0.25, 0.3) is 0 Å². The van der Waals surface area contributed by atoms with Crippen LogP contribution in [0, 0.1) is 6.08 Å². The number of rotatable bonds is 4. The van der Waals surface area contributed by atoms with E-state index >= 15 is 0 Å². The first-order valence-corrected chi connectivity index (χ1v) is 5.84. The fraction of sp³-hybridized carbons (Fsp3) is 0.444. The van der Waals surface area contributed by atoms with Crippen molar-refractivity contribution in [3.05, 3.63) is 23.8 Å². The Hall–Kier alpha value is -0.940. The first-order valence-electron chi connectivity index (χ1n) is 4.23. The smallest absolute Gasteiger partial charge is 0.264 e. The van der Waals surface area contributed by atoms with Gasteiger partial charge >= 0.3 is 0 Å². The van der Waals surface area contributed by atoms with Crippen molar-refractivity contribution in [3.63, 3.8) is 0 Å². The summed E-state index contributed by atoms with van der Waals surface area (Å²) in [6.45, 7) is 0. The van der Waals surface area contributed by atoms with Gasteiger partial charge in [0.05, 0.1) is 5.75 Å². The number of hydrogen-bond donors (Lipinski definition) is 1. The highest BCUT2D eigenvalue weighted by Crippen LogP contribution is 2.14. The third-order valence-electron chi connectivity index (χ3n) is 1.85. The van der Waals surface area contributed by atoms with Gasteiger partial charge in [-0.25, -0.2) is 0 Å². The molecule has 0 saturated heterocycles. The van der Waals surface area contributed by atoms with Crippen molar-refractivity contribution in [2.45, 2.75) is 19.3 Å². The molecule has 0 saturated carbocycles. The maximum Gasteiger partial charge on any atom is 0.264 e. The fourth-order valence-electron chi connectivity index (χ4n) is 1.22. The average molecular weight is 215 g/mol. The Morgan fingerprint density at radius 1 is 1.50 bits per heavy atom. The zero-order chi connectivity index (χ0) is 10.6. The Kier molecular flexibility index (Phi) is 3.60. The Labute approximate surface area is 83.1 Å². The van der Waals surface area contributed by atoms with Crippen LogP contribution in [0.1, 0.15) is 19.3 Å². The van der Waals surface area contributed by atoms with Gasteiger partial charge in [-0.1, -0.05) is 17.7 Å². The summed E-state index contributed by atoms with van der Waals surface area (Å²) in [4.78, 5) is 10.9. The summed E-state index contributed by atoms with van der Waals surface area (Å²) in [7, 11) is -3.88. The predicted octanol–water partition coefficient (Wildman–Crippen LogP) is 0.913. The van der Waals surface area contributed by atoms with Crippen molar-refractivity contribution in [2.75, 3.05) is 5.75 Å². The third kappa shape index (κ3) is 4.34. The van der Waals surface area contributed by atoms with Gasteiger partial charge in [0.2, 0.25) is 0 Å². The molecule has 0 atom stereocenters. The Morgan fingerprint density at radius 2 is 2.21 bits per heavy atom. The van der Waals surface area contributed by atoms with Gasteiger partial charge < -0.3 is 0 Å². The molecule has 1 N–H and O–H groups in total. The molecule has 14 heavy (non-hydrogen) atoms. The van der Waals surface area contributed by atoms with Gasteiger partial charge in [-0.15, -0.1) is 0 Å². The molecule has 0 aromatic carbocycles. The summed E-state index contributed by atoms with van der Waals surface area (Å²) in [5.41, 5.74) is 0.886. The predicted molar refractivity (Wildman–Crippen MR) is 51.2 cm³/mol. The fourth-order valence-corrected chi connectivity index (χ4v) is 1.73. The molecule has 0 amide bonds. The second kappa shape index (κ2) is 4.52. The molecule has 4 nitrogen and oxygen atoms in total. The van der Waals surface area contributed by atoms with E-state index in [1.54, 1.807) is 6.08 Å². The first-order chi connectivity index (χ1) is 6.47. The van der Waals surface area contributed by atoms with Crippen LogP contribution < -0.4 is 0 Å². The molecular formula is C9H11O4S. The van der Waals surface area contributed by atoms with Crippen LogP contribution >= 0.6 is 0 Å². The van der Waals surface area contributed by atoms with Crippen molar-refractivity contribution in [2.24, 2.45) is 0 Å². The van der Waals surface area contributed by atoms with Crippen LogP contribution in [0.15, 0.2) is 17.7 Å². The largest absolute Gasteiger partial charge is 0.294 e.